The Morgan fingerprint density at radius 2 is 1.87 bits per heavy atom. The molecule has 9 nitrogen and oxygen atoms in total. The number of nitrogens with zero attached hydrogens (tertiary/aromatic N) is 3. The Kier molecular flexibility index (Phi) is 8.28. The number of sulfone groups is 1. The van der Waals surface area contributed by atoms with E-state index in [2.05, 4.69) is 10.4 Å². The summed E-state index contributed by atoms with van der Waals surface area (Å²) >= 11 is 0. The summed E-state index contributed by atoms with van der Waals surface area (Å²) in [5.74, 6) is 0. The number of hydrogen-bond acceptors (Lipinski definition) is 6. The third kappa shape index (κ3) is 6.91. The zero-order valence-electron chi connectivity index (χ0n) is 21.4. The first-order valence-corrected chi connectivity index (χ1v) is 14.4. The van der Waals surface area contributed by atoms with Crippen LogP contribution in [0.2, 0.25) is 0 Å². The van der Waals surface area contributed by atoms with Crippen molar-refractivity contribution in [2.45, 2.75) is 91.9 Å². The number of carboxylic acid groups (broad SMARTS) is 1. The summed E-state index contributed by atoms with van der Waals surface area (Å²) in [7, 11) is -2.47. The zero-order valence-corrected chi connectivity index (χ0v) is 22.3. The maximum Gasteiger partial charge on any atom is 0.417 e. The van der Waals surface area contributed by atoms with E-state index >= 15 is 0 Å². The number of nitriles is 1. The van der Waals surface area contributed by atoms with Gasteiger partial charge in [-0.15, -0.1) is 0 Å². The first-order valence-electron chi connectivity index (χ1n) is 12.8. The van der Waals surface area contributed by atoms with E-state index in [0.29, 0.717) is 31.2 Å². The lowest BCUT2D eigenvalue weighted by atomic mass is 10.1. The number of rotatable bonds is 6. The summed E-state index contributed by atoms with van der Waals surface area (Å²) < 4.78 is 75.2. The summed E-state index contributed by atoms with van der Waals surface area (Å²) in [6.07, 6.45) is 3.70. The molecule has 1 aromatic carbocycles. The van der Waals surface area contributed by atoms with E-state index < -0.39 is 43.4 Å². The van der Waals surface area contributed by atoms with Gasteiger partial charge in [-0.3, -0.25) is 4.68 Å². The van der Waals surface area contributed by atoms with Gasteiger partial charge in [-0.05, 0) is 62.6 Å². The molecule has 2 aromatic rings. The monoisotopic (exact) mass is 568 g/mol. The van der Waals surface area contributed by atoms with Crippen molar-refractivity contribution in [3.8, 4) is 17.2 Å². The van der Waals surface area contributed by atoms with Gasteiger partial charge in [-0.2, -0.15) is 23.5 Å². The highest BCUT2D eigenvalue weighted by molar-refractivity contribution is 7.92. The van der Waals surface area contributed by atoms with Gasteiger partial charge in [0.2, 0.25) is 0 Å². The average molecular weight is 569 g/mol. The smallest absolute Gasteiger partial charge is 0.417 e. The summed E-state index contributed by atoms with van der Waals surface area (Å²) in [5.41, 5.74) is -1.07. The van der Waals surface area contributed by atoms with Crippen LogP contribution >= 0.6 is 0 Å². The number of aryl methyl sites for hydroxylation is 1. The fraction of sp³-hybridized carbons (Fsp3) is 0.577. The molecule has 2 atom stereocenters. The van der Waals surface area contributed by atoms with Crippen LogP contribution in [-0.4, -0.2) is 52.4 Å². The number of hydrogen-bond donors (Lipinski definition) is 2. The third-order valence-electron chi connectivity index (χ3n) is 7.40. The predicted octanol–water partition coefficient (Wildman–Crippen LogP) is 5.07. The van der Waals surface area contributed by atoms with Crippen molar-refractivity contribution in [3.05, 3.63) is 36.2 Å². The molecule has 0 bridgehead atoms. The second-order valence-electron chi connectivity index (χ2n) is 10.4. The topological polar surface area (TPSA) is 134 Å². The summed E-state index contributed by atoms with van der Waals surface area (Å²) in [6, 6.07) is 5.31. The predicted molar refractivity (Wildman–Crippen MR) is 134 cm³/mol. The average Bonchev–Trinajstić information content (AvgIpc) is 3.27. The number of aromatic nitrogens is 2. The van der Waals surface area contributed by atoms with Crippen LogP contribution in [0.25, 0.3) is 11.1 Å². The molecule has 3 fully saturated rings. The number of benzene rings is 1. The minimum absolute atomic E-state index is 0.154. The first kappa shape index (κ1) is 28.9. The van der Waals surface area contributed by atoms with E-state index in [-0.39, 0.29) is 24.2 Å². The highest BCUT2D eigenvalue weighted by atomic mass is 32.2. The van der Waals surface area contributed by atoms with Crippen molar-refractivity contribution < 1.29 is 36.2 Å². The lowest BCUT2D eigenvalue weighted by Crippen LogP contribution is -2.33. The molecule has 5 rings (SSSR count). The molecule has 3 aliphatic carbocycles. The molecule has 3 saturated carbocycles. The van der Waals surface area contributed by atoms with Gasteiger partial charge in [0.15, 0.2) is 9.84 Å². The lowest BCUT2D eigenvalue weighted by Gasteiger charge is -2.19. The number of nitrogens with one attached hydrogen (secondary N) is 1. The van der Waals surface area contributed by atoms with E-state index in [0.717, 1.165) is 37.8 Å². The van der Waals surface area contributed by atoms with Gasteiger partial charge in [0.1, 0.15) is 5.54 Å². The van der Waals surface area contributed by atoms with E-state index in [9.17, 15) is 26.4 Å². The number of ether oxygens (including phenoxy) is 1. The van der Waals surface area contributed by atoms with Crippen LogP contribution in [0, 0.1) is 11.3 Å². The van der Waals surface area contributed by atoms with Crippen molar-refractivity contribution in [1.29, 1.82) is 5.26 Å². The largest absolute Gasteiger partial charge is 0.465 e. The molecule has 0 saturated heterocycles. The highest BCUT2D eigenvalue weighted by Crippen LogP contribution is 2.41. The second-order valence-corrected chi connectivity index (χ2v) is 12.6. The maximum absolute atomic E-state index is 13.8. The Morgan fingerprint density at radius 1 is 1.18 bits per heavy atom. The van der Waals surface area contributed by atoms with Crippen LogP contribution < -0.4 is 5.32 Å². The van der Waals surface area contributed by atoms with Gasteiger partial charge in [0, 0.05) is 18.8 Å². The molecule has 0 spiro atoms. The number of halogens is 3. The first-order chi connectivity index (χ1) is 18.3. The Balaban J connectivity index is 0.000000333. The molecule has 3 aliphatic rings. The fourth-order valence-electron chi connectivity index (χ4n) is 5.13. The zero-order chi connectivity index (χ0) is 28.4. The van der Waals surface area contributed by atoms with E-state index in [1.807, 2.05) is 6.07 Å². The fourth-order valence-corrected chi connectivity index (χ4v) is 7.14. The van der Waals surface area contributed by atoms with Crippen molar-refractivity contribution in [3.63, 3.8) is 0 Å². The van der Waals surface area contributed by atoms with Crippen molar-refractivity contribution in [1.82, 2.24) is 15.1 Å². The van der Waals surface area contributed by atoms with Crippen molar-refractivity contribution in [2.24, 2.45) is 7.05 Å². The number of carbonyl (C=O) groups is 1. The molecule has 0 radical (unpaired) electrons. The second kappa shape index (κ2) is 11.2. The lowest BCUT2D eigenvalue weighted by molar-refractivity contribution is -0.139. The minimum Gasteiger partial charge on any atom is -0.465 e. The van der Waals surface area contributed by atoms with E-state index in [1.54, 1.807) is 13.2 Å². The van der Waals surface area contributed by atoms with Crippen LogP contribution in [0.1, 0.15) is 63.4 Å². The van der Waals surface area contributed by atoms with Gasteiger partial charge >= 0.3 is 12.3 Å². The van der Waals surface area contributed by atoms with Crippen LogP contribution in [-0.2, 0) is 27.8 Å². The normalized spacial score (nSPS) is 22.5. The van der Waals surface area contributed by atoms with Crippen LogP contribution in [0.5, 0.6) is 0 Å². The van der Waals surface area contributed by atoms with Gasteiger partial charge in [0.25, 0.3) is 0 Å². The van der Waals surface area contributed by atoms with Crippen molar-refractivity contribution >= 4 is 15.9 Å². The van der Waals surface area contributed by atoms with Gasteiger partial charge in [-0.1, -0.05) is 18.9 Å². The third-order valence-corrected chi connectivity index (χ3v) is 9.68. The van der Waals surface area contributed by atoms with E-state index in [1.165, 1.54) is 16.9 Å². The van der Waals surface area contributed by atoms with Gasteiger partial charge in [0.05, 0.1) is 40.2 Å². The SMILES string of the molecule is Cn1cc(-c2ccc(S(=O)(=O)[C@@H]3CC[C@@H](OC4CCCC4)C3)c(C(F)(F)F)c2)cn1.N#CC1(NC(=O)O)CC1. The molecule has 39 heavy (non-hydrogen) atoms. The minimum atomic E-state index is -4.78. The molecule has 212 valence electrons. The molecule has 1 aromatic heterocycles. The molecular weight excluding hydrogens is 537 g/mol. The Hall–Kier alpha value is -3.11. The van der Waals surface area contributed by atoms with Crippen LogP contribution in [0.3, 0.4) is 0 Å². The quantitative estimate of drug-likeness (QED) is 0.497. The standard InChI is InChI=1S/C21H25F3N2O3S.C5H6N2O2/c1-26-13-15(12-25-26)14-6-9-20(19(10-14)21(22,23)24)30(27,28)18-8-7-17(11-18)29-16-4-2-3-5-16;6-3-5(1-2-5)7-4(8)9/h6,9-10,12-13,16-18H,2-5,7-8,11H2,1H3;7H,1-2H2,(H,8,9)/t17-,18-;/m1./s1. The summed E-state index contributed by atoms with van der Waals surface area (Å²) in [5, 5.41) is 21.7. The molecule has 13 heteroatoms. The molecule has 0 unspecified atom stereocenters. The van der Waals surface area contributed by atoms with Crippen LogP contribution in [0.15, 0.2) is 35.5 Å². The van der Waals surface area contributed by atoms with Gasteiger partial charge < -0.3 is 15.2 Å². The van der Waals surface area contributed by atoms with Gasteiger partial charge in [-0.25, -0.2) is 13.2 Å². The highest BCUT2D eigenvalue weighted by Gasteiger charge is 2.45. The van der Waals surface area contributed by atoms with Crippen LogP contribution in [0.4, 0.5) is 18.0 Å². The molecule has 0 aliphatic heterocycles. The Labute approximate surface area is 224 Å². The number of amides is 1. The number of alkyl halides is 3. The van der Waals surface area contributed by atoms with E-state index in [4.69, 9.17) is 15.1 Å². The Bertz CT molecular complexity index is 1340. The summed E-state index contributed by atoms with van der Waals surface area (Å²) in [6.45, 7) is 0. The van der Waals surface area contributed by atoms with Crippen molar-refractivity contribution in [2.75, 3.05) is 0 Å². The molecular formula is C26H31F3N4O5S. The maximum atomic E-state index is 13.8. The molecule has 1 amide bonds. The summed E-state index contributed by atoms with van der Waals surface area (Å²) in [4.78, 5) is 9.31. The molecule has 2 N–H and O–H groups in total. The Morgan fingerprint density at radius 3 is 2.38 bits per heavy atom. The molecule has 1 heterocycles.